The molecule has 5 heteroatoms. The van der Waals surface area contributed by atoms with Gasteiger partial charge >= 0.3 is 0 Å². The first-order chi connectivity index (χ1) is 12.1. The lowest BCUT2D eigenvalue weighted by Crippen LogP contribution is -2.40. The summed E-state index contributed by atoms with van der Waals surface area (Å²) in [5, 5.41) is 12.0. The molecule has 0 aromatic heterocycles. The molecular weight excluding hydrogens is 318 g/mol. The Kier molecular flexibility index (Phi) is 7.47. The molecule has 138 valence electrons. The van der Waals surface area contributed by atoms with Crippen LogP contribution in [-0.4, -0.2) is 30.5 Å². The summed E-state index contributed by atoms with van der Waals surface area (Å²) in [4.78, 5) is 12.6. The second-order valence-electron chi connectivity index (χ2n) is 6.64. The van der Waals surface area contributed by atoms with Crippen LogP contribution >= 0.6 is 0 Å². The molecule has 1 aliphatic rings. The number of nitrogens with one attached hydrogen (secondary N) is 1. The molecule has 25 heavy (non-hydrogen) atoms. The van der Waals surface area contributed by atoms with Gasteiger partial charge in [0.1, 0.15) is 0 Å². The van der Waals surface area contributed by atoms with E-state index in [0.717, 1.165) is 12.1 Å². The van der Waals surface area contributed by atoms with Crippen molar-refractivity contribution in [2.45, 2.75) is 39.9 Å². The molecule has 0 aliphatic carbocycles. The molecule has 3 atom stereocenters. The van der Waals surface area contributed by atoms with E-state index in [9.17, 15) is 9.90 Å². The largest absolute Gasteiger partial charge is 0.459 e. The highest BCUT2D eigenvalue weighted by atomic mass is 16.7. The number of carbonyl (C=O) groups is 1. The molecule has 1 aromatic rings. The van der Waals surface area contributed by atoms with Crippen LogP contribution in [0.1, 0.15) is 33.6 Å². The lowest BCUT2D eigenvalue weighted by Gasteiger charge is -2.38. The molecule has 1 heterocycles. The summed E-state index contributed by atoms with van der Waals surface area (Å²) in [7, 11) is 0. The first-order valence-electron chi connectivity index (χ1n) is 9.04. The molecule has 2 rings (SSSR count). The van der Waals surface area contributed by atoms with Crippen molar-refractivity contribution in [3.05, 3.63) is 42.2 Å². The first kappa shape index (κ1) is 19.5. The van der Waals surface area contributed by atoms with E-state index < -0.39 is 6.29 Å². The lowest BCUT2D eigenvalue weighted by molar-refractivity contribution is -0.173. The van der Waals surface area contributed by atoms with Gasteiger partial charge in [0, 0.05) is 24.8 Å². The van der Waals surface area contributed by atoms with Gasteiger partial charge in [-0.3, -0.25) is 4.79 Å². The number of benzene rings is 1. The van der Waals surface area contributed by atoms with Crippen molar-refractivity contribution in [1.82, 2.24) is 0 Å². The van der Waals surface area contributed by atoms with Gasteiger partial charge < -0.3 is 19.9 Å². The van der Waals surface area contributed by atoms with E-state index in [0.29, 0.717) is 24.7 Å². The number of aliphatic hydroxyl groups excluding tert-OH is 1. The van der Waals surface area contributed by atoms with E-state index >= 15 is 0 Å². The average molecular weight is 347 g/mol. The molecule has 0 bridgehead atoms. The van der Waals surface area contributed by atoms with Crippen LogP contribution in [0.4, 0.5) is 5.69 Å². The van der Waals surface area contributed by atoms with E-state index in [4.69, 9.17) is 9.47 Å². The van der Waals surface area contributed by atoms with Crippen molar-refractivity contribution in [2.24, 2.45) is 17.8 Å². The number of para-hydroxylation sites is 1. The number of anilines is 1. The van der Waals surface area contributed by atoms with E-state index in [1.54, 1.807) is 0 Å². The zero-order chi connectivity index (χ0) is 18.2. The Bertz CT molecular complexity index is 570. The lowest BCUT2D eigenvalue weighted by atomic mass is 9.78. The topological polar surface area (TPSA) is 67.8 Å². The summed E-state index contributed by atoms with van der Waals surface area (Å²) in [6.07, 6.45) is 2.94. The van der Waals surface area contributed by atoms with Crippen molar-refractivity contribution in [3.63, 3.8) is 0 Å². The smallest absolute Gasteiger partial charge is 0.290 e. The number of carbonyl (C=O) groups excluding carboxylic acids is 1. The first-order valence-corrected chi connectivity index (χ1v) is 9.04. The Balaban J connectivity index is 2.20. The van der Waals surface area contributed by atoms with Crippen LogP contribution in [0.3, 0.4) is 0 Å². The summed E-state index contributed by atoms with van der Waals surface area (Å²) in [5.74, 6) is 0.673. The predicted octanol–water partition coefficient (Wildman–Crippen LogP) is 3.56. The third-order valence-electron chi connectivity index (χ3n) is 4.48. The van der Waals surface area contributed by atoms with Gasteiger partial charge in [0.2, 0.25) is 6.29 Å². The minimum absolute atomic E-state index is 0.125. The molecule has 0 saturated heterocycles. The van der Waals surface area contributed by atoms with Crippen molar-refractivity contribution >= 4 is 11.6 Å². The fourth-order valence-electron chi connectivity index (χ4n) is 3.24. The van der Waals surface area contributed by atoms with Gasteiger partial charge in [0.15, 0.2) is 5.76 Å². The minimum Gasteiger partial charge on any atom is -0.459 e. The quantitative estimate of drug-likeness (QED) is 0.754. The highest BCUT2D eigenvalue weighted by Crippen LogP contribution is 2.37. The normalized spacial score (nSPS) is 23.1. The number of allylic oxidation sites excluding steroid dienone is 1. The Morgan fingerprint density at radius 1 is 1.32 bits per heavy atom. The third kappa shape index (κ3) is 5.31. The number of aliphatic hydroxyl groups is 1. The number of amides is 1. The Hall–Kier alpha value is -1.85. The number of hydrogen-bond donors (Lipinski definition) is 2. The van der Waals surface area contributed by atoms with Gasteiger partial charge in [-0.2, -0.15) is 0 Å². The molecule has 0 spiro atoms. The van der Waals surface area contributed by atoms with Crippen molar-refractivity contribution in [2.75, 3.05) is 18.5 Å². The molecule has 0 unspecified atom stereocenters. The van der Waals surface area contributed by atoms with Gasteiger partial charge in [-0.05, 0) is 49.8 Å². The van der Waals surface area contributed by atoms with Crippen LogP contribution in [-0.2, 0) is 14.3 Å². The Morgan fingerprint density at radius 2 is 2.04 bits per heavy atom. The summed E-state index contributed by atoms with van der Waals surface area (Å²) in [6.45, 7) is 6.84. The van der Waals surface area contributed by atoms with Crippen LogP contribution in [0.5, 0.6) is 0 Å². The van der Waals surface area contributed by atoms with Crippen molar-refractivity contribution in [1.29, 1.82) is 0 Å². The third-order valence-corrected chi connectivity index (χ3v) is 4.48. The van der Waals surface area contributed by atoms with Crippen LogP contribution in [0, 0.1) is 17.8 Å². The van der Waals surface area contributed by atoms with Crippen LogP contribution in [0.15, 0.2) is 42.2 Å². The molecule has 0 radical (unpaired) electrons. The van der Waals surface area contributed by atoms with Gasteiger partial charge in [-0.25, -0.2) is 0 Å². The molecule has 1 amide bonds. The van der Waals surface area contributed by atoms with Crippen LogP contribution in [0.25, 0.3) is 0 Å². The fourth-order valence-corrected chi connectivity index (χ4v) is 3.24. The van der Waals surface area contributed by atoms with Gasteiger partial charge in [0.05, 0.1) is 0 Å². The van der Waals surface area contributed by atoms with Crippen molar-refractivity contribution in [3.8, 4) is 0 Å². The van der Waals surface area contributed by atoms with E-state index in [-0.39, 0.29) is 24.3 Å². The second-order valence-corrected chi connectivity index (χ2v) is 6.64. The SMILES string of the molecule is CCO[C@H]1OC(C(=O)Nc2ccccc2)=C[C@@H](C(C)C)[C@H]1CCCO. The number of hydrogen-bond acceptors (Lipinski definition) is 4. The van der Waals surface area contributed by atoms with E-state index in [1.165, 1.54) is 0 Å². The summed E-state index contributed by atoms with van der Waals surface area (Å²) in [6, 6.07) is 9.32. The van der Waals surface area contributed by atoms with Gasteiger partial charge in [0.25, 0.3) is 5.91 Å². The molecule has 5 nitrogen and oxygen atoms in total. The fraction of sp³-hybridized carbons (Fsp3) is 0.550. The zero-order valence-corrected chi connectivity index (χ0v) is 15.3. The summed E-state index contributed by atoms with van der Waals surface area (Å²) < 4.78 is 11.7. The molecule has 1 aliphatic heterocycles. The Labute approximate surface area is 150 Å². The zero-order valence-electron chi connectivity index (χ0n) is 15.3. The van der Waals surface area contributed by atoms with Crippen LogP contribution in [0.2, 0.25) is 0 Å². The molecule has 0 fully saturated rings. The summed E-state index contributed by atoms with van der Waals surface area (Å²) >= 11 is 0. The average Bonchev–Trinajstić information content (AvgIpc) is 2.61. The highest BCUT2D eigenvalue weighted by molar-refractivity contribution is 6.02. The maximum absolute atomic E-state index is 12.6. The standard InChI is InChI=1S/C20H29NO4/c1-4-24-20-16(11-8-12-22)17(14(2)3)13-18(25-20)19(23)21-15-9-6-5-7-10-15/h5-7,9-10,13-14,16-17,20,22H,4,8,11-12H2,1-3H3,(H,21,23)/t16-,17+,20+/m1/s1. The number of rotatable bonds is 8. The minimum atomic E-state index is -0.467. The molecule has 1 aromatic carbocycles. The highest BCUT2D eigenvalue weighted by Gasteiger charge is 2.38. The predicted molar refractivity (Wildman–Crippen MR) is 97.8 cm³/mol. The van der Waals surface area contributed by atoms with Gasteiger partial charge in [-0.1, -0.05) is 32.0 Å². The maximum atomic E-state index is 12.6. The molecule has 2 N–H and O–H groups in total. The van der Waals surface area contributed by atoms with Crippen molar-refractivity contribution < 1.29 is 19.4 Å². The molecule has 0 saturated carbocycles. The Morgan fingerprint density at radius 3 is 2.64 bits per heavy atom. The van der Waals surface area contributed by atoms with Gasteiger partial charge in [-0.15, -0.1) is 0 Å². The second kappa shape index (κ2) is 9.59. The monoisotopic (exact) mass is 347 g/mol. The maximum Gasteiger partial charge on any atom is 0.290 e. The number of ether oxygens (including phenoxy) is 2. The molecular formula is C20H29NO4. The summed E-state index contributed by atoms with van der Waals surface area (Å²) in [5.41, 5.74) is 0.730. The van der Waals surface area contributed by atoms with Crippen LogP contribution < -0.4 is 5.32 Å². The van der Waals surface area contributed by atoms with E-state index in [1.807, 2.05) is 43.3 Å². The van der Waals surface area contributed by atoms with E-state index in [2.05, 4.69) is 19.2 Å².